The van der Waals surface area contributed by atoms with Gasteiger partial charge in [-0.1, -0.05) is 12.1 Å². The Kier molecular flexibility index (Phi) is 3.43. The van der Waals surface area contributed by atoms with Crippen LogP contribution in [0.15, 0.2) is 29.4 Å². The van der Waals surface area contributed by atoms with Crippen LogP contribution >= 0.6 is 0 Å². The molecule has 0 saturated carbocycles. The first kappa shape index (κ1) is 9.71. The highest BCUT2D eigenvalue weighted by atomic mass is 16.5. The van der Waals surface area contributed by atoms with Crippen molar-refractivity contribution >= 4 is 0 Å². The van der Waals surface area contributed by atoms with E-state index >= 15 is 0 Å². The Balaban J connectivity index is 2.63. The number of ether oxygens (including phenoxy) is 1. The maximum Gasteiger partial charge on any atom is 0.118 e. The Morgan fingerprint density at radius 1 is 1.38 bits per heavy atom. The van der Waals surface area contributed by atoms with Gasteiger partial charge in [0.15, 0.2) is 0 Å². The van der Waals surface area contributed by atoms with E-state index in [0.717, 1.165) is 12.2 Å². The minimum absolute atomic E-state index is 0.0633. The normalized spacial score (nSPS) is 12.2. The van der Waals surface area contributed by atoms with Crippen molar-refractivity contribution in [3.63, 3.8) is 0 Å². The predicted molar refractivity (Wildman–Crippen MR) is 51.3 cm³/mol. The average Bonchev–Trinajstić information content (AvgIpc) is 2.19. The molecule has 0 aliphatic rings. The fraction of sp³-hybridized carbons (Fsp3) is 0.400. The third-order valence-electron chi connectivity index (χ3n) is 1.91. The van der Waals surface area contributed by atoms with Gasteiger partial charge >= 0.3 is 0 Å². The zero-order valence-electron chi connectivity index (χ0n) is 7.95. The largest absolute Gasteiger partial charge is 0.497 e. The molecule has 3 heteroatoms. The van der Waals surface area contributed by atoms with Crippen LogP contribution in [0.2, 0.25) is 0 Å². The molecule has 0 amide bonds. The molecule has 1 unspecified atom stereocenters. The average molecular weight is 178 g/mol. The van der Waals surface area contributed by atoms with E-state index in [1.807, 2.05) is 31.2 Å². The Morgan fingerprint density at radius 3 is 2.46 bits per heavy atom. The van der Waals surface area contributed by atoms with Crippen molar-refractivity contribution in [1.82, 2.24) is 0 Å². The van der Waals surface area contributed by atoms with Crippen LogP contribution in [0.3, 0.4) is 0 Å². The molecule has 1 N–H and O–H groups in total. The van der Waals surface area contributed by atoms with Gasteiger partial charge in [0.2, 0.25) is 0 Å². The van der Waals surface area contributed by atoms with Crippen molar-refractivity contribution in [1.29, 1.82) is 5.53 Å². The van der Waals surface area contributed by atoms with E-state index in [1.54, 1.807) is 7.11 Å². The highest BCUT2D eigenvalue weighted by molar-refractivity contribution is 5.27. The smallest absolute Gasteiger partial charge is 0.118 e. The zero-order valence-corrected chi connectivity index (χ0v) is 7.95. The summed E-state index contributed by atoms with van der Waals surface area (Å²) >= 11 is 0. The maximum absolute atomic E-state index is 6.84. The summed E-state index contributed by atoms with van der Waals surface area (Å²) in [6.07, 6.45) is 0.813. The number of rotatable bonds is 4. The molecule has 1 aromatic carbocycles. The van der Waals surface area contributed by atoms with Crippen molar-refractivity contribution in [3.05, 3.63) is 29.8 Å². The molecule has 0 aliphatic carbocycles. The standard InChI is InChI=1S/C10H14N2O/c1-8(12-11)7-9-3-5-10(13-2)6-4-9/h3-6,8,11H,7H2,1-2H3. The lowest BCUT2D eigenvalue weighted by molar-refractivity contribution is 0.414. The molecule has 13 heavy (non-hydrogen) atoms. The number of hydrogen-bond acceptors (Lipinski definition) is 3. The van der Waals surface area contributed by atoms with Gasteiger partial charge in [-0.3, -0.25) is 0 Å². The van der Waals surface area contributed by atoms with E-state index in [2.05, 4.69) is 5.11 Å². The third-order valence-corrected chi connectivity index (χ3v) is 1.91. The highest BCUT2D eigenvalue weighted by Gasteiger charge is 2.00. The minimum atomic E-state index is 0.0633. The van der Waals surface area contributed by atoms with Crippen LogP contribution in [-0.4, -0.2) is 13.2 Å². The van der Waals surface area contributed by atoms with E-state index in [-0.39, 0.29) is 6.04 Å². The van der Waals surface area contributed by atoms with Gasteiger partial charge in [-0.15, -0.1) is 0 Å². The van der Waals surface area contributed by atoms with Gasteiger partial charge in [-0.2, -0.15) is 5.11 Å². The molecule has 0 bridgehead atoms. The van der Waals surface area contributed by atoms with Crippen LogP contribution in [0.4, 0.5) is 0 Å². The molecule has 1 atom stereocenters. The Bertz CT molecular complexity index is 269. The molecule has 0 heterocycles. The van der Waals surface area contributed by atoms with Gasteiger partial charge in [0.05, 0.1) is 13.2 Å². The first-order valence-electron chi connectivity index (χ1n) is 4.25. The highest BCUT2D eigenvalue weighted by Crippen LogP contribution is 2.13. The summed E-state index contributed by atoms with van der Waals surface area (Å²) in [6, 6.07) is 7.91. The van der Waals surface area contributed by atoms with Crippen LogP contribution in [0, 0.1) is 5.53 Å². The van der Waals surface area contributed by atoms with Gasteiger partial charge < -0.3 is 4.74 Å². The molecular weight excluding hydrogens is 164 g/mol. The molecule has 0 radical (unpaired) electrons. The van der Waals surface area contributed by atoms with Crippen LogP contribution < -0.4 is 4.74 Å². The molecule has 3 nitrogen and oxygen atoms in total. The van der Waals surface area contributed by atoms with E-state index in [9.17, 15) is 0 Å². The Labute approximate surface area is 78.2 Å². The lowest BCUT2D eigenvalue weighted by Gasteiger charge is -2.05. The topological polar surface area (TPSA) is 45.4 Å². The van der Waals surface area contributed by atoms with E-state index in [1.165, 1.54) is 5.56 Å². The number of benzene rings is 1. The second kappa shape index (κ2) is 4.60. The van der Waals surface area contributed by atoms with Gasteiger partial charge in [0.1, 0.15) is 5.75 Å². The third kappa shape index (κ3) is 2.86. The second-order valence-corrected chi connectivity index (χ2v) is 3.03. The summed E-state index contributed by atoms with van der Waals surface area (Å²) in [6.45, 7) is 1.93. The summed E-state index contributed by atoms with van der Waals surface area (Å²) in [7, 11) is 1.65. The first-order valence-corrected chi connectivity index (χ1v) is 4.25. The summed E-state index contributed by atoms with van der Waals surface area (Å²) in [4.78, 5) is 0. The molecule has 1 rings (SSSR count). The zero-order chi connectivity index (χ0) is 9.68. The molecule has 0 aromatic heterocycles. The predicted octanol–water partition coefficient (Wildman–Crippen LogP) is 2.66. The van der Waals surface area contributed by atoms with Gasteiger partial charge in [-0.05, 0) is 31.0 Å². The number of nitrogens with one attached hydrogen (secondary N) is 1. The molecule has 0 fully saturated rings. The first-order chi connectivity index (χ1) is 6.26. The molecule has 1 aromatic rings. The minimum Gasteiger partial charge on any atom is -0.497 e. The summed E-state index contributed by atoms with van der Waals surface area (Å²) in [5, 5.41) is 3.45. The SMILES string of the molecule is COc1ccc(CC(C)N=N)cc1. The summed E-state index contributed by atoms with van der Waals surface area (Å²) in [5.74, 6) is 0.860. The molecule has 0 spiro atoms. The van der Waals surface area contributed by atoms with Crippen molar-refractivity contribution in [2.24, 2.45) is 5.11 Å². The van der Waals surface area contributed by atoms with Gasteiger partial charge in [0, 0.05) is 0 Å². The van der Waals surface area contributed by atoms with Crippen molar-refractivity contribution in [3.8, 4) is 5.75 Å². The van der Waals surface area contributed by atoms with E-state index in [0.29, 0.717) is 0 Å². The van der Waals surface area contributed by atoms with Crippen LogP contribution in [-0.2, 0) is 6.42 Å². The van der Waals surface area contributed by atoms with E-state index < -0.39 is 0 Å². The van der Waals surface area contributed by atoms with Crippen LogP contribution in [0.25, 0.3) is 0 Å². The van der Waals surface area contributed by atoms with Gasteiger partial charge in [0.25, 0.3) is 0 Å². The molecular formula is C10H14N2O. The molecule has 70 valence electrons. The van der Waals surface area contributed by atoms with Crippen molar-refractivity contribution in [2.75, 3.05) is 7.11 Å². The van der Waals surface area contributed by atoms with Crippen LogP contribution in [0.1, 0.15) is 12.5 Å². The summed E-state index contributed by atoms with van der Waals surface area (Å²) in [5.41, 5.74) is 8.02. The maximum atomic E-state index is 6.84. The quantitative estimate of drug-likeness (QED) is 0.708. The van der Waals surface area contributed by atoms with Crippen LogP contribution in [0.5, 0.6) is 5.75 Å². The monoisotopic (exact) mass is 178 g/mol. The number of methoxy groups -OCH3 is 1. The fourth-order valence-corrected chi connectivity index (χ4v) is 1.15. The second-order valence-electron chi connectivity index (χ2n) is 3.03. The lowest BCUT2D eigenvalue weighted by atomic mass is 10.1. The lowest BCUT2D eigenvalue weighted by Crippen LogP contribution is -2.01. The van der Waals surface area contributed by atoms with Crippen molar-refractivity contribution < 1.29 is 4.74 Å². The van der Waals surface area contributed by atoms with Crippen molar-refractivity contribution in [2.45, 2.75) is 19.4 Å². The molecule has 0 saturated heterocycles. The molecule has 0 aliphatic heterocycles. The Hall–Kier alpha value is -1.38. The summed E-state index contributed by atoms with van der Waals surface area (Å²) < 4.78 is 5.04. The number of hydrogen-bond donors (Lipinski definition) is 1. The fourth-order valence-electron chi connectivity index (χ4n) is 1.15. The van der Waals surface area contributed by atoms with E-state index in [4.69, 9.17) is 10.3 Å². The van der Waals surface area contributed by atoms with Gasteiger partial charge in [-0.25, -0.2) is 5.53 Å². The Morgan fingerprint density at radius 2 is 2.00 bits per heavy atom. The number of nitrogens with zero attached hydrogens (tertiary/aromatic N) is 1.